The minimum absolute atomic E-state index is 1.15. The van der Waals surface area contributed by atoms with E-state index in [4.69, 9.17) is 0 Å². The zero-order valence-corrected chi connectivity index (χ0v) is 6.09. The van der Waals surface area contributed by atoms with Crippen LogP contribution in [0.2, 0.25) is 0 Å². The molecule has 0 atom stereocenters. The van der Waals surface area contributed by atoms with Gasteiger partial charge in [-0.05, 0) is 24.6 Å². The van der Waals surface area contributed by atoms with E-state index in [1.54, 1.807) is 6.08 Å². The zero-order valence-electron chi connectivity index (χ0n) is 6.09. The molecule has 0 saturated carbocycles. The lowest BCUT2D eigenvalue weighted by atomic mass is 10.2. The summed E-state index contributed by atoms with van der Waals surface area (Å²) in [7, 11) is 0. The maximum Gasteiger partial charge on any atom is 0.0409 e. The van der Waals surface area contributed by atoms with Crippen molar-refractivity contribution in [2.45, 2.75) is 6.92 Å². The Morgan fingerprint density at radius 2 is 2.40 bits per heavy atom. The van der Waals surface area contributed by atoms with Crippen LogP contribution in [0.25, 0.3) is 6.08 Å². The maximum atomic E-state index is 3.59. The number of aromatic nitrogens is 1. The van der Waals surface area contributed by atoms with Gasteiger partial charge in [0.25, 0.3) is 0 Å². The third-order valence-electron chi connectivity index (χ3n) is 1.40. The van der Waals surface area contributed by atoms with E-state index < -0.39 is 0 Å². The van der Waals surface area contributed by atoms with Crippen LogP contribution in [-0.4, -0.2) is 4.98 Å². The van der Waals surface area contributed by atoms with Crippen LogP contribution in [0.5, 0.6) is 0 Å². The second kappa shape index (κ2) is 3.06. The number of aryl methyl sites for hydroxylation is 1. The summed E-state index contributed by atoms with van der Waals surface area (Å²) in [6.45, 7) is 5.66. The Hall–Kier alpha value is -1.24. The number of allylic oxidation sites excluding steroid dienone is 2. The molecular weight excluding hydrogens is 122 g/mol. The highest BCUT2D eigenvalue weighted by Crippen LogP contribution is 2.05. The summed E-state index contributed by atoms with van der Waals surface area (Å²) in [6.07, 6.45) is 7.61. The van der Waals surface area contributed by atoms with Crippen LogP contribution >= 0.6 is 0 Å². The van der Waals surface area contributed by atoms with E-state index in [9.17, 15) is 0 Å². The summed E-state index contributed by atoms with van der Waals surface area (Å²) >= 11 is 0. The lowest BCUT2D eigenvalue weighted by molar-refractivity contribution is 1.34. The van der Waals surface area contributed by atoms with Crippen molar-refractivity contribution >= 4 is 6.08 Å². The van der Waals surface area contributed by atoms with Crippen LogP contribution < -0.4 is 0 Å². The maximum absolute atomic E-state index is 3.59. The predicted octanol–water partition coefficient (Wildman–Crippen LogP) is 2.52. The van der Waals surface area contributed by atoms with Gasteiger partial charge in [-0.2, -0.15) is 0 Å². The number of hydrogen-bond acceptors (Lipinski definition) is 0. The molecule has 1 heterocycles. The summed E-state index contributed by atoms with van der Waals surface area (Å²) in [5.41, 5.74) is 2.41. The van der Waals surface area contributed by atoms with Crippen LogP contribution in [0.4, 0.5) is 0 Å². The highest BCUT2D eigenvalue weighted by molar-refractivity contribution is 5.50. The van der Waals surface area contributed by atoms with Gasteiger partial charge in [-0.25, -0.2) is 0 Å². The van der Waals surface area contributed by atoms with Gasteiger partial charge in [0.1, 0.15) is 0 Å². The molecule has 0 spiro atoms. The molecule has 1 aromatic rings. The lowest BCUT2D eigenvalue weighted by Gasteiger charge is -1.86. The van der Waals surface area contributed by atoms with Gasteiger partial charge in [0.05, 0.1) is 0 Å². The van der Waals surface area contributed by atoms with E-state index in [-0.39, 0.29) is 0 Å². The fourth-order valence-corrected chi connectivity index (χ4v) is 0.804. The van der Waals surface area contributed by atoms with Crippen LogP contribution in [0.3, 0.4) is 0 Å². The summed E-state index contributed by atoms with van der Waals surface area (Å²) in [5, 5.41) is 0. The quantitative estimate of drug-likeness (QED) is 0.597. The van der Waals surface area contributed by atoms with Gasteiger partial charge in [0.2, 0.25) is 0 Å². The van der Waals surface area contributed by atoms with E-state index >= 15 is 0 Å². The molecule has 1 heteroatoms. The van der Waals surface area contributed by atoms with Crippen molar-refractivity contribution in [1.82, 2.24) is 4.98 Å². The molecule has 1 nitrogen and oxygen atoms in total. The molecule has 0 saturated heterocycles. The number of H-pyrrole nitrogens is 1. The van der Waals surface area contributed by atoms with Crippen molar-refractivity contribution in [3.63, 3.8) is 0 Å². The molecule has 0 bridgehead atoms. The minimum atomic E-state index is 1.15. The Balaban J connectivity index is 2.83. The summed E-state index contributed by atoms with van der Waals surface area (Å²) in [5.74, 6) is 0. The van der Waals surface area contributed by atoms with E-state index in [1.165, 1.54) is 5.56 Å². The molecule has 0 aliphatic heterocycles. The second-order valence-corrected chi connectivity index (χ2v) is 2.17. The Labute approximate surface area is 61.1 Å². The van der Waals surface area contributed by atoms with Crippen molar-refractivity contribution in [2.24, 2.45) is 0 Å². The zero-order chi connectivity index (χ0) is 7.40. The molecule has 0 fully saturated rings. The SMILES string of the molecule is C=C/C=C\c1[nH]ccc1C. The molecule has 0 aliphatic rings. The summed E-state index contributed by atoms with van der Waals surface area (Å²) in [4.78, 5) is 3.11. The van der Waals surface area contributed by atoms with Crippen molar-refractivity contribution in [2.75, 3.05) is 0 Å². The van der Waals surface area contributed by atoms with Gasteiger partial charge in [-0.1, -0.05) is 18.7 Å². The molecular formula is C9H11N. The first-order chi connectivity index (χ1) is 4.84. The Morgan fingerprint density at radius 3 is 2.90 bits per heavy atom. The van der Waals surface area contributed by atoms with Gasteiger partial charge in [-0.3, -0.25) is 0 Å². The van der Waals surface area contributed by atoms with Crippen LogP contribution in [-0.2, 0) is 0 Å². The highest BCUT2D eigenvalue weighted by Gasteiger charge is 1.89. The van der Waals surface area contributed by atoms with Gasteiger partial charge >= 0.3 is 0 Å². The normalized spacial score (nSPS) is 10.5. The van der Waals surface area contributed by atoms with Gasteiger partial charge in [0, 0.05) is 11.9 Å². The lowest BCUT2D eigenvalue weighted by Crippen LogP contribution is -1.72. The average Bonchev–Trinajstić information content (AvgIpc) is 2.31. The molecule has 1 aromatic heterocycles. The molecule has 1 N–H and O–H groups in total. The van der Waals surface area contributed by atoms with Crippen LogP contribution in [0.1, 0.15) is 11.3 Å². The Morgan fingerprint density at radius 1 is 1.60 bits per heavy atom. The van der Waals surface area contributed by atoms with Crippen LogP contribution in [0, 0.1) is 6.92 Å². The Kier molecular flexibility index (Phi) is 2.11. The van der Waals surface area contributed by atoms with Crippen molar-refractivity contribution < 1.29 is 0 Å². The number of aromatic amines is 1. The minimum Gasteiger partial charge on any atom is -0.361 e. The van der Waals surface area contributed by atoms with E-state index in [1.807, 2.05) is 24.4 Å². The number of nitrogens with one attached hydrogen (secondary N) is 1. The first-order valence-corrected chi connectivity index (χ1v) is 3.27. The van der Waals surface area contributed by atoms with Crippen molar-refractivity contribution in [1.29, 1.82) is 0 Å². The molecule has 0 radical (unpaired) electrons. The summed E-state index contributed by atoms with van der Waals surface area (Å²) in [6, 6.07) is 2.04. The van der Waals surface area contributed by atoms with E-state index in [2.05, 4.69) is 18.5 Å². The molecule has 52 valence electrons. The number of hydrogen-bond donors (Lipinski definition) is 1. The fourth-order valence-electron chi connectivity index (χ4n) is 0.804. The Bertz CT molecular complexity index is 243. The molecule has 0 aromatic carbocycles. The van der Waals surface area contributed by atoms with E-state index in [0.717, 1.165) is 5.69 Å². The second-order valence-electron chi connectivity index (χ2n) is 2.17. The first kappa shape index (κ1) is 6.87. The molecule has 0 unspecified atom stereocenters. The highest BCUT2D eigenvalue weighted by atomic mass is 14.7. The third kappa shape index (κ3) is 1.38. The van der Waals surface area contributed by atoms with Gasteiger partial charge in [0.15, 0.2) is 0 Å². The van der Waals surface area contributed by atoms with Crippen LogP contribution in [0.15, 0.2) is 31.0 Å². The topological polar surface area (TPSA) is 15.8 Å². The standard InChI is InChI=1S/C9H11N/c1-3-4-5-9-8(2)6-7-10-9/h3-7,10H,1H2,2H3/b5-4-. The monoisotopic (exact) mass is 133 g/mol. The van der Waals surface area contributed by atoms with E-state index in [0.29, 0.717) is 0 Å². The van der Waals surface area contributed by atoms with Crippen molar-refractivity contribution in [3.05, 3.63) is 42.3 Å². The molecule has 1 rings (SSSR count). The first-order valence-electron chi connectivity index (χ1n) is 3.27. The number of rotatable bonds is 2. The van der Waals surface area contributed by atoms with Crippen molar-refractivity contribution in [3.8, 4) is 0 Å². The third-order valence-corrected chi connectivity index (χ3v) is 1.40. The smallest absolute Gasteiger partial charge is 0.0409 e. The summed E-state index contributed by atoms with van der Waals surface area (Å²) < 4.78 is 0. The molecule has 0 aliphatic carbocycles. The molecule has 10 heavy (non-hydrogen) atoms. The predicted molar refractivity (Wildman–Crippen MR) is 44.8 cm³/mol. The largest absolute Gasteiger partial charge is 0.361 e. The average molecular weight is 133 g/mol. The molecule has 0 amide bonds. The fraction of sp³-hybridized carbons (Fsp3) is 0.111. The van der Waals surface area contributed by atoms with Gasteiger partial charge < -0.3 is 4.98 Å². The van der Waals surface area contributed by atoms with Gasteiger partial charge in [-0.15, -0.1) is 0 Å².